The molecule has 8 heteroatoms. The topological polar surface area (TPSA) is 90.5 Å². The number of hydrogen-bond acceptors (Lipinski definition) is 7. The Morgan fingerprint density at radius 2 is 1.78 bits per heavy atom. The first-order valence-electron chi connectivity index (χ1n) is 9.86. The van der Waals surface area contributed by atoms with Crippen LogP contribution in [0.5, 0.6) is 0 Å². The summed E-state index contributed by atoms with van der Waals surface area (Å²) in [5, 5.41) is 23.4. The second kappa shape index (κ2) is 8.33. The number of piperidine rings is 1. The van der Waals surface area contributed by atoms with Crippen LogP contribution in [0.4, 0.5) is 5.95 Å². The van der Waals surface area contributed by atoms with Crippen molar-refractivity contribution in [1.29, 1.82) is 0 Å². The minimum atomic E-state index is -0.909. The summed E-state index contributed by atoms with van der Waals surface area (Å²) in [6.07, 6.45) is 7.72. The quantitative estimate of drug-likeness (QED) is 0.812. The molecule has 0 spiro atoms. The molecule has 146 valence electrons. The Morgan fingerprint density at radius 3 is 2.52 bits per heavy atom. The molecule has 0 saturated carbocycles. The summed E-state index contributed by atoms with van der Waals surface area (Å²) in [5.41, 5.74) is 2.73. The number of aliphatic hydroxyl groups is 2. The van der Waals surface area contributed by atoms with E-state index in [1.807, 2.05) is 23.1 Å². The molecule has 0 bridgehead atoms. The fourth-order valence-electron chi connectivity index (χ4n) is 3.89. The van der Waals surface area contributed by atoms with Gasteiger partial charge in [-0.05, 0) is 31.7 Å². The average Bonchev–Trinajstić information content (AvgIpc) is 3.02. The van der Waals surface area contributed by atoms with Crippen molar-refractivity contribution in [1.82, 2.24) is 24.6 Å². The monoisotopic (exact) mass is 372 g/mol. The van der Waals surface area contributed by atoms with Gasteiger partial charge >= 0.3 is 0 Å². The zero-order chi connectivity index (χ0) is 18.6. The molecule has 1 saturated heterocycles. The molecule has 2 aromatic heterocycles. The number of fused-ring (bicyclic) bond motifs is 1. The second-order valence-corrected chi connectivity index (χ2v) is 7.49. The van der Waals surface area contributed by atoms with E-state index in [9.17, 15) is 5.11 Å². The molecule has 0 radical (unpaired) electrons. The van der Waals surface area contributed by atoms with Crippen molar-refractivity contribution in [3.63, 3.8) is 0 Å². The highest BCUT2D eigenvalue weighted by Gasteiger charge is 2.20. The molecular weight excluding hydrogens is 344 g/mol. The van der Waals surface area contributed by atoms with Crippen LogP contribution < -0.4 is 4.90 Å². The van der Waals surface area contributed by atoms with Gasteiger partial charge in [-0.15, -0.1) is 0 Å². The summed E-state index contributed by atoms with van der Waals surface area (Å²) < 4.78 is 1.95. The largest absolute Gasteiger partial charge is 0.393 e. The molecule has 4 heterocycles. The maximum Gasteiger partial charge on any atom is 0.225 e. The summed E-state index contributed by atoms with van der Waals surface area (Å²) in [7, 11) is 0. The molecule has 1 unspecified atom stereocenters. The van der Waals surface area contributed by atoms with E-state index in [-0.39, 0.29) is 6.61 Å². The zero-order valence-corrected chi connectivity index (χ0v) is 15.7. The molecule has 0 aromatic carbocycles. The maximum atomic E-state index is 9.82. The summed E-state index contributed by atoms with van der Waals surface area (Å²) in [4.78, 5) is 13.8. The van der Waals surface area contributed by atoms with E-state index < -0.39 is 6.10 Å². The highest BCUT2D eigenvalue weighted by molar-refractivity contribution is 5.30. The summed E-state index contributed by atoms with van der Waals surface area (Å²) >= 11 is 0. The number of aromatic nitrogens is 4. The van der Waals surface area contributed by atoms with Crippen LogP contribution >= 0.6 is 0 Å². The Hall–Kier alpha value is -2.03. The molecule has 2 aromatic rings. The smallest absolute Gasteiger partial charge is 0.225 e. The third kappa shape index (κ3) is 4.28. The van der Waals surface area contributed by atoms with E-state index >= 15 is 0 Å². The Bertz CT molecular complexity index is 741. The number of aliphatic hydroxyl groups excluding tert-OH is 2. The summed E-state index contributed by atoms with van der Waals surface area (Å²) in [6, 6.07) is 1.90. The number of hydrogen-bond donors (Lipinski definition) is 2. The van der Waals surface area contributed by atoms with Gasteiger partial charge in [0.05, 0.1) is 18.0 Å². The van der Waals surface area contributed by atoms with Crippen LogP contribution in [0, 0.1) is 0 Å². The summed E-state index contributed by atoms with van der Waals surface area (Å²) in [5.74, 6) is 0.843. The van der Waals surface area contributed by atoms with Crippen LogP contribution in [-0.2, 0) is 19.6 Å². The molecule has 0 amide bonds. The third-order valence-corrected chi connectivity index (χ3v) is 5.36. The number of anilines is 1. The molecule has 2 aliphatic rings. The van der Waals surface area contributed by atoms with E-state index in [0.29, 0.717) is 5.69 Å². The van der Waals surface area contributed by atoms with Crippen LogP contribution in [0.1, 0.15) is 48.7 Å². The number of rotatable bonds is 5. The van der Waals surface area contributed by atoms with Crippen LogP contribution in [-0.4, -0.2) is 61.1 Å². The molecule has 2 aliphatic heterocycles. The van der Waals surface area contributed by atoms with Gasteiger partial charge in [-0.3, -0.25) is 9.58 Å². The lowest BCUT2D eigenvalue weighted by molar-refractivity contribution is 0.0916. The van der Waals surface area contributed by atoms with Crippen molar-refractivity contribution in [2.24, 2.45) is 0 Å². The molecular formula is C19H28N6O2. The van der Waals surface area contributed by atoms with Crippen molar-refractivity contribution in [2.45, 2.75) is 51.4 Å². The Kier molecular flexibility index (Phi) is 5.66. The van der Waals surface area contributed by atoms with Crippen LogP contribution in [0.15, 0.2) is 18.5 Å². The van der Waals surface area contributed by atoms with Crippen LogP contribution in [0.3, 0.4) is 0 Å². The molecule has 27 heavy (non-hydrogen) atoms. The maximum absolute atomic E-state index is 9.82. The lowest BCUT2D eigenvalue weighted by Crippen LogP contribution is -2.31. The van der Waals surface area contributed by atoms with Crippen molar-refractivity contribution in [3.8, 4) is 0 Å². The Morgan fingerprint density at radius 1 is 1.00 bits per heavy atom. The van der Waals surface area contributed by atoms with E-state index in [1.54, 1.807) is 0 Å². The zero-order valence-electron chi connectivity index (χ0n) is 15.7. The van der Waals surface area contributed by atoms with Gasteiger partial charge in [0.1, 0.15) is 6.10 Å². The third-order valence-electron chi connectivity index (χ3n) is 5.36. The number of nitrogens with zero attached hydrogens (tertiary/aromatic N) is 6. The van der Waals surface area contributed by atoms with Gasteiger partial charge in [0.2, 0.25) is 5.95 Å². The molecule has 0 aliphatic carbocycles. The second-order valence-electron chi connectivity index (χ2n) is 7.49. The van der Waals surface area contributed by atoms with Gasteiger partial charge in [0.15, 0.2) is 0 Å². The van der Waals surface area contributed by atoms with E-state index in [0.717, 1.165) is 62.9 Å². The van der Waals surface area contributed by atoms with Crippen LogP contribution in [0.2, 0.25) is 0 Å². The Labute approximate surface area is 159 Å². The molecule has 4 rings (SSSR count). The lowest BCUT2D eigenvalue weighted by atomic mass is 10.1. The van der Waals surface area contributed by atoms with Gasteiger partial charge in [-0.2, -0.15) is 5.10 Å². The summed E-state index contributed by atoms with van der Waals surface area (Å²) in [6.45, 7) is 5.17. The predicted molar refractivity (Wildman–Crippen MR) is 101 cm³/mol. The SMILES string of the molecule is OCC(O)c1cc2n(n1)CCCN(Cc1cnc(N3CCCCC3)nc1)C2. The van der Waals surface area contributed by atoms with E-state index in [4.69, 9.17) is 5.11 Å². The fraction of sp³-hybridized carbons (Fsp3) is 0.632. The first-order valence-corrected chi connectivity index (χ1v) is 9.86. The van der Waals surface area contributed by atoms with Gasteiger partial charge in [-0.1, -0.05) is 0 Å². The van der Waals surface area contributed by atoms with Crippen molar-refractivity contribution in [2.75, 3.05) is 31.1 Å². The molecule has 8 nitrogen and oxygen atoms in total. The van der Waals surface area contributed by atoms with Crippen molar-refractivity contribution >= 4 is 5.95 Å². The van der Waals surface area contributed by atoms with E-state index in [2.05, 4.69) is 24.9 Å². The fourth-order valence-corrected chi connectivity index (χ4v) is 3.89. The highest BCUT2D eigenvalue weighted by atomic mass is 16.3. The first kappa shape index (κ1) is 18.3. The highest BCUT2D eigenvalue weighted by Crippen LogP contribution is 2.20. The predicted octanol–water partition coefficient (Wildman–Crippen LogP) is 1.09. The van der Waals surface area contributed by atoms with Crippen molar-refractivity contribution in [3.05, 3.63) is 35.4 Å². The Balaban J connectivity index is 1.41. The van der Waals surface area contributed by atoms with Gasteiger partial charge in [0, 0.05) is 57.2 Å². The standard InChI is InChI=1S/C19H28N6O2/c26-14-18(27)17-9-16-13-23(5-4-8-25(16)22-17)12-15-10-20-19(21-11-15)24-6-2-1-3-7-24/h9-11,18,26-27H,1-8,12-14H2. The minimum Gasteiger partial charge on any atom is -0.393 e. The molecule has 2 N–H and O–H groups in total. The molecule has 1 atom stereocenters. The van der Waals surface area contributed by atoms with E-state index in [1.165, 1.54) is 19.3 Å². The minimum absolute atomic E-state index is 0.305. The van der Waals surface area contributed by atoms with Gasteiger partial charge < -0.3 is 15.1 Å². The van der Waals surface area contributed by atoms with Crippen LogP contribution in [0.25, 0.3) is 0 Å². The normalized spacial score (nSPS) is 19.6. The van der Waals surface area contributed by atoms with Gasteiger partial charge in [-0.25, -0.2) is 9.97 Å². The lowest BCUT2D eigenvalue weighted by Gasteiger charge is -2.26. The number of aryl methyl sites for hydroxylation is 1. The first-order chi connectivity index (χ1) is 13.2. The molecule has 1 fully saturated rings. The average molecular weight is 372 g/mol. The van der Waals surface area contributed by atoms with Gasteiger partial charge in [0.25, 0.3) is 0 Å². The van der Waals surface area contributed by atoms with Crippen molar-refractivity contribution < 1.29 is 10.2 Å².